The summed E-state index contributed by atoms with van der Waals surface area (Å²) in [5, 5.41) is 1.40. The van der Waals surface area contributed by atoms with Gasteiger partial charge in [0.05, 0.1) is 17.4 Å². The van der Waals surface area contributed by atoms with E-state index >= 15 is 0 Å². The van der Waals surface area contributed by atoms with Crippen LogP contribution in [0.15, 0.2) is 120 Å². The number of hydrogen-bond donors (Lipinski definition) is 0. The molecule has 3 heterocycles. The predicted molar refractivity (Wildman–Crippen MR) is 255 cm³/mol. The van der Waals surface area contributed by atoms with Crippen molar-refractivity contribution in [3.05, 3.63) is 154 Å². The van der Waals surface area contributed by atoms with Gasteiger partial charge in [0.1, 0.15) is 0 Å². The molecule has 4 heteroatoms. The fraction of sp³-hybridized carbons (Fsp3) is 0.345. The van der Waals surface area contributed by atoms with Gasteiger partial charge in [-0.25, -0.2) is 0 Å². The molecule has 1 unspecified atom stereocenters. The summed E-state index contributed by atoms with van der Waals surface area (Å²) in [6.07, 6.45) is 5.85. The molecule has 0 spiro atoms. The van der Waals surface area contributed by atoms with E-state index in [4.69, 9.17) is 0 Å². The van der Waals surface area contributed by atoms with Crippen LogP contribution in [0.1, 0.15) is 118 Å². The van der Waals surface area contributed by atoms with Gasteiger partial charge in [0.2, 0.25) is 0 Å². The maximum Gasteiger partial charge on any atom is 0.259 e. The molecule has 0 bridgehead atoms. The first-order valence-corrected chi connectivity index (χ1v) is 22.6. The average Bonchev–Trinajstić information content (AvgIpc) is 3.57. The number of rotatable bonds is 3. The Balaban J connectivity index is 1.33. The third-order valence-electron chi connectivity index (χ3n) is 14.1. The van der Waals surface area contributed by atoms with E-state index in [1.54, 1.807) is 0 Å². The van der Waals surface area contributed by atoms with Crippen molar-refractivity contribution in [2.75, 3.05) is 9.80 Å². The lowest BCUT2D eigenvalue weighted by Gasteiger charge is -2.50. The van der Waals surface area contributed by atoms with Gasteiger partial charge in [0, 0.05) is 43.1 Å². The minimum atomic E-state index is -0.00685. The summed E-state index contributed by atoms with van der Waals surface area (Å²) in [4.78, 5) is 5.32. The number of thiophene rings is 1. The van der Waals surface area contributed by atoms with Crippen LogP contribution >= 0.6 is 11.3 Å². The van der Waals surface area contributed by atoms with Crippen LogP contribution in [0.4, 0.5) is 22.7 Å². The van der Waals surface area contributed by atoms with E-state index in [1.807, 2.05) is 11.3 Å². The number of allylic oxidation sites excluding steroid dienone is 1. The molecular formula is C55H57BN2S. The Labute approximate surface area is 357 Å². The third kappa shape index (κ3) is 5.97. The molecule has 2 aliphatic heterocycles. The van der Waals surface area contributed by atoms with Crippen molar-refractivity contribution in [3.8, 4) is 11.1 Å². The molecule has 10 rings (SSSR count). The molecule has 5 aromatic carbocycles. The van der Waals surface area contributed by atoms with E-state index < -0.39 is 0 Å². The molecular weight excluding hydrogens is 731 g/mol. The third-order valence-corrected chi connectivity index (χ3v) is 15.3. The van der Waals surface area contributed by atoms with Crippen LogP contribution in [0.5, 0.6) is 0 Å². The fourth-order valence-corrected chi connectivity index (χ4v) is 11.9. The van der Waals surface area contributed by atoms with Crippen molar-refractivity contribution >= 4 is 61.1 Å². The molecule has 4 aliphatic rings. The maximum atomic E-state index is 3.70. The zero-order valence-electron chi connectivity index (χ0n) is 36.9. The van der Waals surface area contributed by atoms with E-state index in [-0.39, 0.29) is 34.4 Å². The van der Waals surface area contributed by atoms with E-state index in [9.17, 15) is 0 Å². The highest BCUT2D eigenvalue weighted by Crippen LogP contribution is 2.54. The molecule has 0 saturated carbocycles. The fourth-order valence-electron chi connectivity index (χ4n) is 10.6. The molecule has 0 amide bonds. The Morgan fingerprint density at radius 1 is 0.729 bits per heavy atom. The van der Waals surface area contributed by atoms with Gasteiger partial charge in [-0.1, -0.05) is 142 Å². The lowest BCUT2D eigenvalue weighted by atomic mass is 9.33. The lowest BCUT2D eigenvalue weighted by Crippen LogP contribution is -2.60. The number of anilines is 4. The van der Waals surface area contributed by atoms with E-state index in [2.05, 4.69) is 201 Å². The van der Waals surface area contributed by atoms with Crippen LogP contribution in [0.3, 0.4) is 0 Å². The highest BCUT2D eigenvalue weighted by atomic mass is 32.1. The first kappa shape index (κ1) is 38.2. The van der Waals surface area contributed by atoms with Crippen molar-refractivity contribution in [1.29, 1.82) is 0 Å². The molecule has 2 aliphatic carbocycles. The summed E-state index contributed by atoms with van der Waals surface area (Å²) in [6.45, 7) is 26.2. The van der Waals surface area contributed by atoms with Crippen molar-refractivity contribution in [3.63, 3.8) is 0 Å². The van der Waals surface area contributed by atoms with Gasteiger partial charge >= 0.3 is 0 Å². The molecule has 59 heavy (non-hydrogen) atoms. The molecule has 0 N–H and O–H groups in total. The number of para-hydroxylation sites is 1. The summed E-state index contributed by atoms with van der Waals surface area (Å²) in [7, 11) is 0. The van der Waals surface area contributed by atoms with Gasteiger partial charge in [-0.2, -0.15) is 0 Å². The molecule has 1 atom stereocenters. The minimum Gasteiger partial charge on any atom is -0.333 e. The summed E-state index contributed by atoms with van der Waals surface area (Å²) >= 11 is 2.05. The highest BCUT2D eigenvalue weighted by Gasteiger charge is 2.51. The Kier molecular flexibility index (Phi) is 8.43. The first-order valence-electron chi connectivity index (χ1n) is 21.8. The highest BCUT2D eigenvalue weighted by molar-refractivity contribution is 7.32. The molecule has 296 valence electrons. The van der Waals surface area contributed by atoms with E-state index in [0.717, 1.165) is 12.1 Å². The van der Waals surface area contributed by atoms with Crippen molar-refractivity contribution in [2.45, 2.75) is 123 Å². The number of benzene rings is 4. The molecule has 1 aromatic heterocycles. The zero-order valence-corrected chi connectivity index (χ0v) is 37.7. The van der Waals surface area contributed by atoms with E-state index in [1.165, 1.54) is 100 Å². The predicted octanol–water partition coefficient (Wildman–Crippen LogP) is 13.5. The van der Waals surface area contributed by atoms with Gasteiger partial charge in [-0.15, -0.1) is 11.3 Å². The largest absolute Gasteiger partial charge is 0.333 e. The first-order chi connectivity index (χ1) is 27.9. The molecule has 2 nitrogen and oxygen atoms in total. The van der Waals surface area contributed by atoms with Crippen LogP contribution < -0.4 is 20.0 Å². The van der Waals surface area contributed by atoms with Crippen LogP contribution in [0.25, 0.3) is 21.2 Å². The topological polar surface area (TPSA) is 6.48 Å². The lowest BCUT2D eigenvalue weighted by molar-refractivity contribution is 0.332. The van der Waals surface area contributed by atoms with Gasteiger partial charge in [-0.05, 0) is 130 Å². The summed E-state index contributed by atoms with van der Waals surface area (Å²) in [6, 6.07) is 44.8. The number of fused-ring (bicyclic) bond motifs is 7. The normalized spacial score (nSPS) is 19.1. The second-order valence-corrected chi connectivity index (χ2v) is 22.3. The van der Waals surface area contributed by atoms with Crippen molar-refractivity contribution in [1.82, 2.24) is 0 Å². The Bertz CT molecular complexity index is 2730. The monoisotopic (exact) mass is 788 g/mol. The average molecular weight is 789 g/mol. The smallest absolute Gasteiger partial charge is 0.259 e. The van der Waals surface area contributed by atoms with Crippen molar-refractivity contribution < 1.29 is 0 Å². The standard InChI is InChI=1S/C55H57BN2S/c1-34-29-46-49-47(30-34)58(44-20-16-15-19-39(44)35-17-13-12-14-18-35)50-40-32-41-42(55(10,11)28-27-54(41,8)9)33-48(40)59-51(50)56(49)43-31-37(53(5,6)7)23-26-45(43)57(46)38-24-21-36(22-25-38)52(2,3)4/h12-21,23-24,26,29,31-33,47H,27-28,30H2,1-11H3. The Morgan fingerprint density at radius 3 is 2.10 bits per heavy atom. The summed E-state index contributed by atoms with van der Waals surface area (Å²) in [5.74, 6) is 0. The molecule has 0 fully saturated rings. The van der Waals surface area contributed by atoms with Crippen molar-refractivity contribution in [2.24, 2.45) is 0 Å². The molecule has 0 radical (unpaired) electrons. The molecule has 0 saturated heterocycles. The van der Waals surface area contributed by atoms with Crippen LogP contribution in [0, 0.1) is 12.1 Å². The Morgan fingerprint density at radius 2 is 1.42 bits per heavy atom. The number of hydrogen-bond acceptors (Lipinski definition) is 3. The van der Waals surface area contributed by atoms with Gasteiger partial charge in [-0.3, -0.25) is 0 Å². The second-order valence-electron chi connectivity index (χ2n) is 21.2. The minimum absolute atomic E-state index is 0.000224. The molecule has 6 aromatic rings. The Hall–Kier alpha value is -4.98. The van der Waals surface area contributed by atoms with E-state index in [0.29, 0.717) is 0 Å². The van der Waals surface area contributed by atoms with Crippen LogP contribution in [-0.4, -0.2) is 12.8 Å². The van der Waals surface area contributed by atoms with Gasteiger partial charge in [0.15, 0.2) is 0 Å². The summed E-state index contributed by atoms with van der Waals surface area (Å²) in [5.41, 5.74) is 18.9. The van der Waals surface area contributed by atoms with Crippen LogP contribution in [0.2, 0.25) is 0 Å². The van der Waals surface area contributed by atoms with Crippen LogP contribution in [-0.2, 0) is 21.7 Å². The second kappa shape index (κ2) is 13.0. The van der Waals surface area contributed by atoms with Gasteiger partial charge < -0.3 is 9.80 Å². The maximum absolute atomic E-state index is 3.70. The summed E-state index contributed by atoms with van der Waals surface area (Å²) < 4.78 is 2.87. The zero-order chi connectivity index (χ0) is 41.4. The SMILES string of the molecule is CC1=CC2=C3B(c4cc(C(C)(C)C)ccc4N2c2c#cc(C(C)(C)C)cc2)c2sc4cc5c(cc4c2N(c2ccccc2-c2ccccc2)C3C1)C(C)(C)CCC5(C)C. The van der Waals surface area contributed by atoms with Gasteiger partial charge in [0.25, 0.3) is 6.71 Å². The number of nitrogens with zero attached hydrogens (tertiary/aromatic N) is 2. The quantitative estimate of drug-likeness (QED) is 0.165.